The SMILES string of the molecule is Cc1nn(-c2cccc(Cl)c2)c(N(C)C)c1CN(CC1CC1)C(=O)NC(C)C. The molecule has 0 unspecified atom stereocenters. The number of nitrogens with one attached hydrogen (secondary N) is 1. The first-order chi connectivity index (χ1) is 13.3. The smallest absolute Gasteiger partial charge is 0.317 e. The van der Waals surface area contributed by atoms with E-state index in [1.54, 1.807) is 0 Å². The van der Waals surface area contributed by atoms with Gasteiger partial charge in [0.15, 0.2) is 0 Å². The Balaban J connectivity index is 1.96. The molecule has 1 saturated carbocycles. The predicted octanol–water partition coefficient (Wildman–Crippen LogP) is 4.23. The molecule has 2 amide bonds. The molecule has 0 saturated heterocycles. The first-order valence-electron chi connectivity index (χ1n) is 9.83. The standard InChI is InChI=1S/C21H30ClN5O/c1-14(2)23-21(28)26(12-16-9-10-16)13-19-15(3)24-27(20(19)25(4)5)18-8-6-7-17(22)11-18/h6-8,11,14,16H,9-10,12-13H2,1-5H3,(H,23,28). The van der Waals surface area contributed by atoms with Crippen LogP contribution in [0.4, 0.5) is 10.6 Å². The summed E-state index contributed by atoms with van der Waals surface area (Å²) in [5.41, 5.74) is 2.89. The third-order valence-electron chi connectivity index (χ3n) is 4.86. The number of urea groups is 1. The molecule has 2 aromatic rings. The summed E-state index contributed by atoms with van der Waals surface area (Å²) in [5, 5.41) is 8.48. The second-order valence-electron chi connectivity index (χ2n) is 8.10. The topological polar surface area (TPSA) is 53.4 Å². The van der Waals surface area contributed by atoms with E-state index < -0.39 is 0 Å². The number of carbonyl (C=O) groups excluding carboxylic acids is 1. The first-order valence-corrected chi connectivity index (χ1v) is 10.2. The minimum atomic E-state index is -0.0125. The van der Waals surface area contributed by atoms with Crippen LogP contribution in [0.15, 0.2) is 24.3 Å². The Morgan fingerprint density at radius 1 is 1.36 bits per heavy atom. The maximum atomic E-state index is 12.8. The maximum absolute atomic E-state index is 12.8. The number of amides is 2. The van der Waals surface area contributed by atoms with Crippen LogP contribution >= 0.6 is 11.6 Å². The van der Waals surface area contributed by atoms with Crippen LogP contribution in [0.3, 0.4) is 0 Å². The lowest BCUT2D eigenvalue weighted by Gasteiger charge is -2.26. The number of hydrogen-bond acceptors (Lipinski definition) is 3. The molecule has 0 bridgehead atoms. The van der Waals surface area contributed by atoms with Gasteiger partial charge in [-0.3, -0.25) is 0 Å². The van der Waals surface area contributed by atoms with Crippen molar-refractivity contribution in [2.24, 2.45) is 5.92 Å². The zero-order chi connectivity index (χ0) is 20.4. The fourth-order valence-electron chi connectivity index (χ4n) is 3.34. The molecule has 152 valence electrons. The van der Waals surface area contributed by atoms with Gasteiger partial charge in [0.1, 0.15) is 5.82 Å². The number of hydrogen-bond donors (Lipinski definition) is 1. The zero-order valence-electron chi connectivity index (χ0n) is 17.4. The summed E-state index contributed by atoms with van der Waals surface area (Å²) in [6.07, 6.45) is 2.40. The van der Waals surface area contributed by atoms with Crippen molar-refractivity contribution in [3.8, 4) is 5.69 Å². The normalized spacial score (nSPS) is 13.7. The van der Waals surface area contributed by atoms with Crippen LogP contribution in [-0.2, 0) is 6.54 Å². The molecule has 0 atom stereocenters. The minimum absolute atomic E-state index is 0.0125. The molecule has 1 heterocycles. The van der Waals surface area contributed by atoms with Crippen molar-refractivity contribution in [1.82, 2.24) is 20.0 Å². The lowest BCUT2D eigenvalue weighted by atomic mass is 10.2. The van der Waals surface area contributed by atoms with Crippen molar-refractivity contribution in [2.45, 2.75) is 46.2 Å². The van der Waals surface area contributed by atoms with Crippen molar-refractivity contribution in [3.05, 3.63) is 40.5 Å². The van der Waals surface area contributed by atoms with Gasteiger partial charge < -0.3 is 15.1 Å². The minimum Gasteiger partial charge on any atom is -0.362 e. The Kier molecular flexibility index (Phi) is 6.18. The number of carbonyl (C=O) groups is 1. The van der Waals surface area contributed by atoms with Crippen LogP contribution in [0.2, 0.25) is 5.02 Å². The van der Waals surface area contributed by atoms with E-state index in [0.29, 0.717) is 17.5 Å². The molecule has 6 nitrogen and oxygen atoms in total. The van der Waals surface area contributed by atoms with Crippen LogP contribution in [0, 0.1) is 12.8 Å². The highest BCUT2D eigenvalue weighted by molar-refractivity contribution is 6.30. The monoisotopic (exact) mass is 403 g/mol. The van der Waals surface area contributed by atoms with Gasteiger partial charge in [0.05, 0.1) is 17.9 Å². The summed E-state index contributed by atoms with van der Waals surface area (Å²) in [6, 6.07) is 7.76. The average molecular weight is 404 g/mol. The van der Waals surface area contributed by atoms with Gasteiger partial charge in [-0.15, -0.1) is 0 Å². The van der Waals surface area contributed by atoms with Crippen molar-refractivity contribution < 1.29 is 4.79 Å². The number of aryl methyl sites for hydroxylation is 1. The second kappa shape index (κ2) is 8.43. The molecule has 1 aliphatic rings. The van der Waals surface area contributed by atoms with E-state index in [9.17, 15) is 4.79 Å². The third-order valence-corrected chi connectivity index (χ3v) is 5.09. The fraction of sp³-hybridized carbons (Fsp3) is 0.524. The van der Waals surface area contributed by atoms with Gasteiger partial charge in [0, 0.05) is 37.3 Å². The zero-order valence-corrected chi connectivity index (χ0v) is 18.1. The van der Waals surface area contributed by atoms with Gasteiger partial charge in [-0.2, -0.15) is 5.10 Å². The van der Waals surface area contributed by atoms with E-state index in [2.05, 4.69) is 5.32 Å². The van der Waals surface area contributed by atoms with Crippen LogP contribution in [0.25, 0.3) is 5.69 Å². The van der Waals surface area contributed by atoms with Crippen molar-refractivity contribution in [1.29, 1.82) is 0 Å². The van der Waals surface area contributed by atoms with Gasteiger partial charge in [0.25, 0.3) is 0 Å². The van der Waals surface area contributed by atoms with Gasteiger partial charge in [-0.05, 0) is 57.7 Å². The quantitative estimate of drug-likeness (QED) is 0.752. The molecule has 1 aliphatic carbocycles. The van der Waals surface area contributed by atoms with E-state index in [1.165, 1.54) is 12.8 Å². The predicted molar refractivity (Wildman–Crippen MR) is 114 cm³/mol. The molecule has 1 N–H and O–H groups in total. The summed E-state index contributed by atoms with van der Waals surface area (Å²) >= 11 is 6.20. The molecule has 7 heteroatoms. The van der Waals surface area contributed by atoms with Crippen LogP contribution in [-0.4, -0.2) is 47.4 Å². The van der Waals surface area contributed by atoms with Gasteiger partial charge >= 0.3 is 6.03 Å². The molecule has 1 fully saturated rings. The molecular formula is C21H30ClN5O. The van der Waals surface area contributed by atoms with Crippen LogP contribution < -0.4 is 10.2 Å². The van der Waals surface area contributed by atoms with Crippen molar-refractivity contribution >= 4 is 23.4 Å². The highest BCUT2D eigenvalue weighted by Crippen LogP contribution is 2.32. The van der Waals surface area contributed by atoms with E-state index in [4.69, 9.17) is 16.7 Å². The van der Waals surface area contributed by atoms with E-state index in [1.807, 2.05) is 73.6 Å². The number of rotatable bonds is 7. The molecule has 0 spiro atoms. The highest BCUT2D eigenvalue weighted by Gasteiger charge is 2.29. The average Bonchev–Trinajstić information content (AvgIpc) is 3.36. The Labute approximate surface area is 172 Å². The Hall–Kier alpha value is -2.21. The Morgan fingerprint density at radius 2 is 2.07 bits per heavy atom. The molecular weight excluding hydrogens is 374 g/mol. The van der Waals surface area contributed by atoms with E-state index >= 15 is 0 Å². The molecule has 0 radical (unpaired) electrons. The largest absolute Gasteiger partial charge is 0.362 e. The number of halogens is 1. The molecule has 3 rings (SSSR count). The maximum Gasteiger partial charge on any atom is 0.317 e. The number of nitrogens with zero attached hydrogens (tertiary/aromatic N) is 4. The van der Waals surface area contributed by atoms with E-state index in [0.717, 1.165) is 29.3 Å². The van der Waals surface area contributed by atoms with E-state index in [-0.39, 0.29) is 12.1 Å². The van der Waals surface area contributed by atoms with Gasteiger partial charge in [0.2, 0.25) is 0 Å². The van der Waals surface area contributed by atoms with Crippen molar-refractivity contribution in [3.63, 3.8) is 0 Å². The second-order valence-corrected chi connectivity index (χ2v) is 8.54. The fourth-order valence-corrected chi connectivity index (χ4v) is 3.52. The summed E-state index contributed by atoms with van der Waals surface area (Å²) in [7, 11) is 4.00. The summed E-state index contributed by atoms with van der Waals surface area (Å²) in [5.74, 6) is 1.59. The lowest BCUT2D eigenvalue weighted by molar-refractivity contribution is 0.190. The molecule has 28 heavy (non-hydrogen) atoms. The lowest BCUT2D eigenvalue weighted by Crippen LogP contribution is -2.43. The third kappa shape index (κ3) is 4.79. The molecule has 1 aromatic heterocycles. The Morgan fingerprint density at radius 3 is 2.64 bits per heavy atom. The highest BCUT2D eigenvalue weighted by atomic mass is 35.5. The number of anilines is 1. The van der Waals surface area contributed by atoms with Crippen molar-refractivity contribution in [2.75, 3.05) is 25.5 Å². The van der Waals surface area contributed by atoms with Gasteiger partial charge in [-0.1, -0.05) is 17.7 Å². The Bertz CT molecular complexity index is 841. The first kappa shape index (κ1) is 20.5. The number of benzene rings is 1. The summed E-state index contributed by atoms with van der Waals surface area (Å²) in [6.45, 7) is 7.29. The van der Waals surface area contributed by atoms with Crippen LogP contribution in [0.1, 0.15) is 37.9 Å². The summed E-state index contributed by atoms with van der Waals surface area (Å²) in [4.78, 5) is 16.8. The van der Waals surface area contributed by atoms with Crippen LogP contribution in [0.5, 0.6) is 0 Å². The van der Waals surface area contributed by atoms with Gasteiger partial charge in [-0.25, -0.2) is 9.48 Å². The molecule has 0 aliphatic heterocycles. The number of aromatic nitrogens is 2. The molecule has 1 aromatic carbocycles. The summed E-state index contributed by atoms with van der Waals surface area (Å²) < 4.78 is 1.91.